The first kappa shape index (κ1) is 20.1. The molecule has 0 spiro atoms. The Morgan fingerprint density at radius 3 is 2.38 bits per heavy atom. The molecule has 0 aliphatic heterocycles. The number of carbonyl (C=O) groups is 3. The number of aromatic amines is 1. The van der Waals surface area contributed by atoms with Crippen LogP contribution in [0.3, 0.4) is 0 Å². The van der Waals surface area contributed by atoms with Crippen molar-refractivity contribution in [2.45, 2.75) is 13.8 Å². The summed E-state index contributed by atoms with van der Waals surface area (Å²) in [5.74, 6) is -1.66. The Balaban J connectivity index is 1.74. The zero-order valence-corrected chi connectivity index (χ0v) is 16.3. The van der Waals surface area contributed by atoms with Crippen LogP contribution in [-0.4, -0.2) is 42.6 Å². The van der Waals surface area contributed by atoms with Gasteiger partial charge in [0.25, 0.3) is 5.91 Å². The maximum Gasteiger partial charge on any atom is 0.341 e. The highest BCUT2D eigenvalue weighted by molar-refractivity contribution is 6.06. The molecular formula is C22H22N2O5. The number of nitrogens with one attached hydrogen (secondary N) is 1. The van der Waals surface area contributed by atoms with Crippen LogP contribution in [0, 0.1) is 6.92 Å². The number of hydrogen-bond donors (Lipinski definition) is 1. The van der Waals surface area contributed by atoms with Gasteiger partial charge in [0.15, 0.2) is 6.61 Å². The normalized spacial score (nSPS) is 10.6. The van der Waals surface area contributed by atoms with Crippen LogP contribution in [0.15, 0.2) is 54.6 Å². The minimum atomic E-state index is -0.600. The van der Waals surface area contributed by atoms with Gasteiger partial charge in [-0.3, -0.25) is 14.5 Å². The van der Waals surface area contributed by atoms with Crippen LogP contribution in [0.25, 0.3) is 10.9 Å². The van der Waals surface area contributed by atoms with Gasteiger partial charge in [0.1, 0.15) is 6.54 Å². The van der Waals surface area contributed by atoms with E-state index in [4.69, 9.17) is 9.47 Å². The summed E-state index contributed by atoms with van der Waals surface area (Å²) >= 11 is 0. The van der Waals surface area contributed by atoms with Gasteiger partial charge in [-0.1, -0.05) is 36.4 Å². The average molecular weight is 394 g/mol. The van der Waals surface area contributed by atoms with Gasteiger partial charge in [0.05, 0.1) is 12.2 Å². The highest BCUT2D eigenvalue weighted by atomic mass is 16.5. The summed E-state index contributed by atoms with van der Waals surface area (Å²) in [5, 5.41) is 0.730. The number of amides is 1. The lowest BCUT2D eigenvalue weighted by Gasteiger charge is -2.21. The highest BCUT2D eigenvalue weighted by Crippen LogP contribution is 2.22. The van der Waals surface area contributed by atoms with Gasteiger partial charge in [-0.2, -0.15) is 0 Å². The van der Waals surface area contributed by atoms with E-state index in [9.17, 15) is 14.4 Å². The molecule has 7 nitrogen and oxygen atoms in total. The Hall–Kier alpha value is -3.61. The zero-order valence-electron chi connectivity index (χ0n) is 16.3. The summed E-state index contributed by atoms with van der Waals surface area (Å²) in [6, 6.07) is 16.1. The van der Waals surface area contributed by atoms with Crippen LogP contribution in [-0.2, 0) is 19.1 Å². The fourth-order valence-corrected chi connectivity index (χ4v) is 3.08. The molecule has 1 aromatic heterocycles. The summed E-state index contributed by atoms with van der Waals surface area (Å²) in [4.78, 5) is 41.7. The molecule has 0 bridgehead atoms. The molecule has 3 rings (SSSR count). The second-order valence-corrected chi connectivity index (χ2v) is 6.37. The standard InChI is InChI=1S/C22H22N2O5/c1-3-28-20(26)13-24(16-9-5-4-6-10-16)19(25)14-29-22(27)21-15(2)23-18-12-8-7-11-17(18)21/h4-12,23H,3,13-14H2,1-2H3. The molecule has 7 heteroatoms. The number of esters is 2. The number of ether oxygens (including phenoxy) is 2. The van der Waals surface area contributed by atoms with Crippen molar-refractivity contribution >= 4 is 34.4 Å². The van der Waals surface area contributed by atoms with Crippen molar-refractivity contribution < 1.29 is 23.9 Å². The monoisotopic (exact) mass is 394 g/mol. The SMILES string of the molecule is CCOC(=O)CN(C(=O)COC(=O)c1c(C)[nH]c2ccccc12)c1ccccc1. The van der Waals surface area contributed by atoms with Crippen LogP contribution < -0.4 is 4.90 Å². The number of aryl methyl sites for hydroxylation is 1. The Labute approximate surface area is 168 Å². The van der Waals surface area contributed by atoms with Gasteiger partial charge in [-0.05, 0) is 32.0 Å². The summed E-state index contributed by atoms with van der Waals surface area (Å²) < 4.78 is 10.2. The van der Waals surface area contributed by atoms with Crippen molar-refractivity contribution in [1.82, 2.24) is 4.98 Å². The fourth-order valence-electron chi connectivity index (χ4n) is 3.08. The van der Waals surface area contributed by atoms with Gasteiger partial charge < -0.3 is 14.5 Å². The van der Waals surface area contributed by atoms with Crippen molar-refractivity contribution in [2.75, 3.05) is 24.7 Å². The Morgan fingerprint density at radius 1 is 0.966 bits per heavy atom. The third kappa shape index (κ3) is 4.63. The summed E-state index contributed by atoms with van der Waals surface area (Å²) in [7, 11) is 0. The van der Waals surface area contributed by atoms with Crippen LogP contribution in [0.2, 0.25) is 0 Å². The molecule has 0 saturated heterocycles. The average Bonchev–Trinajstić information content (AvgIpc) is 3.06. The van der Waals surface area contributed by atoms with E-state index in [1.54, 1.807) is 44.2 Å². The molecule has 1 heterocycles. The lowest BCUT2D eigenvalue weighted by molar-refractivity contribution is -0.142. The third-order valence-corrected chi connectivity index (χ3v) is 4.39. The van der Waals surface area contributed by atoms with Crippen LogP contribution in [0.5, 0.6) is 0 Å². The quantitative estimate of drug-likeness (QED) is 0.622. The fraction of sp³-hybridized carbons (Fsp3) is 0.227. The van der Waals surface area contributed by atoms with Crippen molar-refractivity contribution in [3.05, 3.63) is 65.9 Å². The molecule has 0 unspecified atom stereocenters. The van der Waals surface area contributed by atoms with Crippen molar-refractivity contribution in [3.8, 4) is 0 Å². The number of nitrogens with zero attached hydrogens (tertiary/aromatic N) is 1. The topological polar surface area (TPSA) is 88.7 Å². The number of fused-ring (bicyclic) bond motifs is 1. The van der Waals surface area contributed by atoms with Crippen LogP contribution in [0.1, 0.15) is 23.0 Å². The summed E-state index contributed by atoms with van der Waals surface area (Å²) in [6.45, 7) is 2.92. The minimum Gasteiger partial charge on any atom is -0.465 e. The van der Waals surface area contributed by atoms with Gasteiger partial charge in [-0.25, -0.2) is 4.79 Å². The largest absolute Gasteiger partial charge is 0.465 e. The lowest BCUT2D eigenvalue weighted by atomic mass is 10.1. The summed E-state index contributed by atoms with van der Waals surface area (Å²) in [5.41, 5.74) is 2.39. The Morgan fingerprint density at radius 2 is 1.66 bits per heavy atom. The van der Waals surface area contributed by atoms with Crippen molar-refractivity contribution in [1.29, 1.82) is 0 Å². The van der Waals surface area contributed by atoms with E-state index in [0.29, 0.717) is 16.9 Å². The number of hydrogen-bond acceptors (Lipinski definition) is 5. The molecule has 150 valence electrons. The van der Waals surface area contributed by atoms with Crippen LogP contribution >= 0.6 is 0 Å². The molecular weight excluding hydrogens is 372 g/mol. The number of benzene rings is 2. The molecule has 0 aliphatic carbocycles. The molecule has 0 fully saturated rings. The molecule has 2 aromatic carbocycles. The third-order valence-electron chi connectivity index (χ3n) is 4.39. The number of H-pyrrole nitrogens is 1. The highest BCUT2D eigenvalue weighted by Gasteiger charge is 2.23. The van der Waals surface area contributed by atoms with E-state index in [1.807, 2.05) is 24.3 Å². The number of para-hydroxylation sites is 2. The molecule has 29 heavy (non-hydrogen) atoms. The molecule has 0 saturated carbocycles. The predicted octanol–water partition coefficient (Wildman–Crippen LogP) is 3.23. The molecule has 3 aromatic rings. The Bertz CT molecular complexity index is 1030. The molecule has 0 atom stereocenters. The number of aromatic nitrogens is 1. The van der Waals surface area contributed by atoms with Gasteiger partial charge >= 0.3 is 11.9 Å². The second kappa shape index (κ2) is 9.05. The number of rotatable bonds is 7. The van der Waals surface area contributed by atoms with E-state index in [2.05, 4.69) is 4.98 Å². The number of carbonyl (C=O) groups excluding carboxylic acids is 3. The first-order chi connectivity index (χ1) is 14.0. The minimum absolute atomic E-state index is 0.213. The molecule has 1 N–H and O–H groups in total. The first-order valence-electron chi connectivity index (χ1n) is 9.26. The van der Waals surface area contributed by atoms with E-state index < -0.39 is 24.5 Å². The maximum absolute atomic E-state index is 12.7. The second-order valence-electron chi connectivity index (χ2n) is 6.37. The predicted molar refractivity (Wildman–Crippen MR) is 109 cm³/mol. The van der Waals surface area contributed by atoms with Gasteiger partial charge in [0.2, 0.25) is 0 Å². The van der Waals surface area contributed by atoms with Crippen LogP contribution in [0.4, 0.5) is 5.69 Å². The smallest absolute Gasteiger partial charge is 0.341 e. The molecule has 0 radical (unpaired) electrons. The zero-order chi connectivity index (χ0) is 20.8. The molecule has 0 aliphatic rings. The first-order valence-corrected chi connectivity index (χ1v) is 9.26. The van der Waals surface area contributed by atoms with E-state index >= 15 is 0 Å². The van der Waals surface area contributed by atoms with Gasteiger partial charge in [0, 0.05) is 22.3 Å². The summed E-state index contributed by atoms with van der Waals surface area (Å²) in [6.07, 6.45) is 0. The van der Waals surface area contributed by atoms with E-state index in [0.717, 1.165) is 10.9 Å². The lowest BCUT2D eigenvalue weighted by Crippen LogP contribution is -2.39. The van der Waals surface area contributed by atoms with Crippen molar-refractivity contribution in [3.63, 3.8) is 0 Å². The number of anilines is 1. The van der Waals surface area contributed by atoms with E-state index in [1.165, 1.54) is 4.90 Å². The van der Waals surface area contributed by atoms with Gasteiger partial charge in [-0.15, -0.1) is 0 Å². The van der Waals surface area contributed by atoms with E-state index in [-0.39, 0.29) is 13.2 Å². The maximum atomic E-state index is 12.7. The Kier molecular flexibility index (Phi) is 6.29. The van der Waals surface area contributed by atoms with Crippen molar-refractivity contribution in [2.24, 2.45) is 0 Å². The molecule has 1 amide bonds.